The fourth-order valence-electron chi connectivity index (χ4n) is 2.29. The fraction of sp³-hybridized carbons (Fsp3) is 0.625. The van der Waals surface area contributed by atoms with Crippen molar-refractivity contribution in [2.24, 2.45) is 0 Å². The molecule has 1 saturated heterocycles. The summed E-state index contributed by atoms with van der Waals surface area (Å²) in [4.78, 5) is 2.35. The predicted octanol–water partition coefficient (Wildman–Crippen LogP) is 2.55. The molecular formula is C16H25ClN2O2. The molecule has 0 atom stereocenters. The second-order valence-electron chi connectivity index (χ2n) is 5.24. The lowest BCUT2D eigenvalue weighted by molar-refractivity contribution is 0.0322. The Labute approximate surface area is 132 Å². The molecule has 4 nitrogen and oxygen atoms in total. The largest absolute Gasteiger partial charge is 0.491 e. The maximum absolute atomic E-state index is 6.28. The summed E-state index contributed by atoms with van der Waals surface area (Å²) in [6, 6.07) is 6.01. The van der Waals surface area contributed by atoms with Crippen molar-refractivity contribution in [2.45, 2.75) is 19.9 Å². The highest BCUT2D eigenvalue weighted by Crippen LogP contribution is 2.25. The highest BCUT2D eigenvalue weighted by molar-refractivity contribution is 6.32. The van der Waals surface area contributed by atoms with Gasteiger partial charge in [-0.3, -0.25) is 4.90 Å². The molecule has 2 rings (SSSR count). The highest BCUT2D eigenvalue weighted by atomic mass is 35.5. The molecule has 1 aliphatic rings. The molecule has 0 aliphatic carbocycles. The molecule has 0 amide bonds. The molecule has 5 heteroatoms. The van der Waals surface area contributed by atoms with Crippen LogP contribution >= 0.6 is 11.6 Å². The summed E-state index contributed by atoms with van der Waals surface area (Å²) in [7, 11) is 0. The molecule has 0 unspecified atom stereocenters. The zero-order chi connectivity index (χ0) is 14.9. The van der Waals surface area contributed by atoms with Gasteiger partial charge >= 0.3 is 0 Å². The van der Waals surface area contributed by atoms with Crippen LogP contribution in [0.15, 0.2) is 18.2 Å². The first kappa shape index (κ1) is 16.6. The number of nitrogens with zero attached hydrogens (tertiary/aromatic N) is 1. The highest BCUT2D eigenvalue weighted by Gasteiger charge is 2.10. The molecule has 1 aromatic carbocycles. The number of benzene rings is 1. The van der Waals surface area contributed by atoms with Crippen LogP contribution in [0.3, 0.4) is 0 Å². The second kappa shape index (κ2) is 9.26. The molecular weight excluding hydrogens is 288 g/mol. The lowest BCUT2D eigenvalue weighted by Gasteiger charge is -2.26. The van der Waals surface area contributed by atoms with Crippen molar-refractivity contribution in [3.8, 4) is 5.75 Å². The van der Waals surface area contributed by atoms with Gasteiger partial charge in [0, 0.05) is 26.2 Å². The van der Waals surface area contributed by atoms with Gasteiger partial charge in [0.1, 0.15) is 12.4 Å². The van der Waals surface area contributed by atoms with Crippen molar-refractivity contribution < 1.29 is 9.47 Å². The van der Waals surface area contributed by atoms with E-state index in [0.717, 1.165) is 58.1 Å². The molecule has 0 aromatic heterocycles. The topological polar surface area (TPSA) is 33.7 Å². The van der Waals surface area contributed by atoms with E-state index in [4.69, 9.17) is 21.1 Å². The van der Waals surface area contributed by atoms with E-state index in [1.165, 1.54) is 5.56 Å². The van der Waals surface area contributed by atoms with Crippen molar-refractivity contribution in [2.75, 3.05) is 46.0 Å². The van der Waals surface area contributed by atoms with Crippen LogP contribution < -0.4 is 10.1 Å². The van der Waals surface area contributed by atoms with Crippen LogP contribution in [0.5, 0.6) is 5.75 Å². The predicted molar refractivity (Wildman–Crippen MR) is 86.2 cm³/mol. The minimum atomic E-state index is 0.660. The maximum Gasteiger partial charge on any atom is 0.137 e. The first-order chi connectivity index (χ1) is 10.3. The lowest BCUT2D eigenvalue weighted by atomic mass is 10.2. The van der Waals surface area contributed by atoms with Gasteiger partial charge in [0.25, 0.3) is 0 Å². The molecule has 0 spiro atoms. The Hall–Kier alpha value is -0.810. The number of halogens is 1. The summed E-state index contributed by atoms with van der Waals surface area (Å²) < 4.78 is 11.1. The standard InChI is InChI=1S/C16H25ClN2O2/c1-2-5-18-13-14-3-4-16(15(17)12-14)21-11-8-19-6-9-20-10-7-19/h3-4,12,18H,2,5-11,13H2,1H3. The summed E-state index contributed by atoms with van der Waals surface area (Å²) in [5, 5.41) is 4.05. The Kier molecular flexibility index (Phi) is 7.30. The quantitative estimate of drug-likeness (QED) is 0.748. The van der Waals surface area contributed by atoms with Crippen LogP contribution in [0.1, 0.15) is 18.9 Å². The van der Waals surface area contributed by atoms with Crippen molar-refractivity contribution >= 4 is 11.6 Å². The van der Waals surface area contributed by atoms with Crippen LogP contribution in [0.4, 0.5) is 0 Å². The van der Waals surface area contributed by atoms with E-state index < -0.39 is 0 Å². The van der Waals surface area contributed by atoms with Crippen LogP contribution in [0.2, 0.25) is 5.02 Å². The van der Waals surface area contributed by atoms with E-state index in [-0.39, 0.29) is 0 Å². The van der Waals surface area contributed by atoms with Gasteiger partial charge in [-0.05, 0) is 30.7 Å². The van der Waals surface area contributed by atoms with Crippen LogP contribution in [-0.2, 0) is 11.3 Å². The summed E-state index contributed by atoms with van der Waals surface area (Å²) in [5.74, 6) is 0.768. The van der Waals surface area contributed by atoms with Gasteiger partial charge in [-0.1, -0.05) is 24.6 Å². The molecule has 0 saturated carbocycles. The van der Waals surface area contributed by atoms with Gasteiger partial charge in [-0.15, -0.1) is 0 Å². The third-order valence-electron chi connectivity index (χ3n) is 3.52. The summed E-state index contributed by atoms with van der Waals surface area (Å²) >= 11 is 6.28. The Morgan fingerprint density at radius 1 is 1.33 bits per heavy atom. The number of hydrogen-bond donors (Lipinski definition) is 1. The number of rotatable bonds is 8. The normalized spacial score (nSPS) is 16.1. The zero-order valence-corrected chi connectivity index (χ0v) is 13.5. The lowest BCUT2D eigenvalue weighted by Crippen LogP contribution is -2.38. The van der Waals surface area contributed by atoms with Crippen LogP contribution in [0, 0.1) is 0 Å². The smallest absolute Gasteiger partial charge is 0.137 e. The SMILES string of the molecule is CCCNCc1ccc(OCCN2CCOCC2)c(Cl)c1. The third kappa shape index (κ3) is 5.83. The molecule has 1 aliphatic heterocycles. The number of morpholine rings is 1. The molecule has 1 fully saturated rings. The molecule has 1 heterocycles. The average molecular weight is 313 g/mol. The minimum absolute atomic E-state index is 0.660. The van der Waals surface area contributed by atoms with E-state index in [1.807, 2.05) is 12.1 Å². The van der Waals surface area contributed by atoms with Crippen LogP contribution in [-0.4, -0.2) is 50.9 Å². The Balaban J connectivity index is 1.74. The summed E-state index contributed by atoms with van der Waals surface area (Å²) in [6.07, 6.45) is 1.14. The maximum atomic E-state index is 6.28. The van der Waals surface area contributed by atoms with E-state index in [1.54, 1.807) is 0 Å². The van der Waals surface area contributed by atoms with Crippen LogP contribution in [0.25, 0.3) is 0 Å². The second-order valence-corrected chi connectivity index (χ2v) is 5.65. The minimum Gasteiger partial charge on any atom is -0.491 e. The van der Waals surface area contributed by atoms with Gasteiger partial charge < -0.3 is 14.8 Å². The number of nitrogens with one attached hydrogen (secondary N) is 1. The van der Waals surface area contributed by atoms with Gasteiger partial charge in [0.15, 0.2) is 0 Å². The number of ether oxygens (including phenoxy) is 2. The molecule has 21 heavy (non-hydrogen) atoms. The first-order valence-corrected chi connectivity index (χ1v) is 8.09. The zero-order valence-electron chi connectivity index (χ0n) is 12.7. The van der Waals surface area contributed by atoms with Gasteiger partial charge in [-0.25, -0.2) is 0 Å². The number of hydrogen-bond acceptors (Lipinski definition) is 4. The average Bonchev–Trinajstić information content (AvgIpc) is 2.51. The van der Waals surface area contributed by atoms with Crippen molar-refractivity contribution in [3.05, 3.63) is 28.8 Å². The first-order valence-electron chi connectivity index (χ1n) is 7.71. The summed E-state index contributed by atoms with van der Waals surface area (Å²) in [6.45, 7) is 9.22. The van der Waals surface area contributed by atoms with Gasteiger partial charge in [0.2, 0.25) is 0 Å². The van der Waals surface area contributed by atoms with E-state index in [9.17, 15) is 0 Å². The van der Waals surface area contributed by atoms with Crippen molar-refractivity contribution in [1.29, 1.82) is 0 Å². The van der Waals surface area contributed by atoms with E-state index in [2.05, 4.69) is 23.2 Å². The fourth-order valence-corrected chi connectivity index (χ4v) is 2.55. The van der Waals surface area contributed by atoms with Gasteiger partial charge in [0.05, 0.1) is 18.2 Å². The molecule has 0 bridgehead atoms. The van der Waals surface area contributed by atoms with Crippen molar-refractivity contribution in [3.63, 3.8) is 0 Å². The third-order valence-corrected chi connectivity index (χ3v) is 3.82. The van der Waals surface area contributed by atoms with E-state index >= 15 is 0 Å². The molecule has 1 N–H and O–H groups in total. The van der Waals surface area contributed by atoms with Gasteiger partial charge in [-0.2, -0.15) is 0 Å². The molecule has 0 radical (unpaired) electrons. The Morgan fingerprint density at radius 2 is 2.14 bits per heavy atom. The Morgan fingerprint density at radius 3 is 2.86 bits per heavy atom. The van der Waals surface area contributed by atoms with E-state index in [0.29, 0.717) is 11.6 Å². The molecule has 1 aromatic rings. The summed E-state index contributed by atoms with van der Waals surface area (Å²) in [5.41, 5.74) is 1.19. The molecule has 118 valence electrons. The Bertz CT molecular complexity index is 423. The monoisotopic (exact) mass is 312 g/mol. The van der Waals surface area contributed by atoms with Crippen molar-refractivity contribution in [1.82, 2.24) is 10.2 Å².